The fourth-order valence-corrected chi connectivity index (χ4v) is 3.09. The zero-order valence-corrected chi connectivity index (χ0v) is 13.4. The molecule has 0 atom stereocenters. The monoisotopic (exact) mass is 303 g/mol. The van der Waals surface area contributed by atoms with Gasteiger partial charge in [-0.1, -0.05) is 23.9 Å². The van der Waals surface area contributed by atoms with Gasteiger partial charge in [0, 0.05) is 28.8 Å². The van der Waals surface area contributed by atoms with Gasteiger partial charge in [-0.15, -0.1) is 11.8 Å². The van der Waals surface area contributed by atoms with Gasteiger partial charge in [0.25, 0.3) is 5.91 Å². The highest BCUT2D eigenvalue weighted by Crippen LogP contribution is 2.31. The molecule has 0 radical (unpaired) electrons. The highest BCUT2D eigenvalue weighted by Gasteiger charge is 2.13. The Bertz CT molecular complexity index is 594. The Morgan fingerprint density at radius 1 is 0.950 bits per heavy atom. The standard InChI is InChI=1S/C16H17NOS2/c1-17(2)16(18)14-6-4-5-7-15(14)20-13-10-8-12(19-3)9-11-13/h4-11H,1-3H3. The van der Waals surface area contributed by atoms with Crippen LogP contribution in [0.5, 0.6) is 0 Å². The first-order valence-corrected chi connectivity index (χ1v) is 8.28. The molecule has 0 aliphatic carbocycles. The molecule has 2 rings (SSSR count). The summed E-state index contributed by atoms with van der Waals surface area (Å²) in [5.41, 5.74) is 0.747. The van der Waals surface area contributed by atoms with Crippen LogP contribution in [0.1, 0.15) is 10.4 Å². The van der Waals surface area contributed by atoms with Gasteiger partial charge in [-0.05, 0) is 42.7 Å². The topological polar surface area (TPSA) is 20.3 Å². The van der Waals surface area contributed by atoms with Crippen LogP contribution >= 0.6 is 23.5 Å². The van der Waals surface area contributed by atoms with Crippen molar-refractivity contribution in [1.29, 1.82) is 0 Å². The van der Waals surface area contributed by atoms with Gasteiger partial charge in [0.15, 0.2) is 0 Å². The van der Waals surface area contributed by atoms with Crippen molar-refractivity contribution in [3.8, 4) is 0 Å². The second-order valence-corrected chi connectivity index (χ2v) is 6.47. The molecule has 2 aromatic rings. The Labute approximate surface area is 128 Å². The molecule has 104 valence electrons. The maximum absolute atomic E-state index is 12.2. The predicted molar refractivity (Wildman–Crippen MR) is 86.8 cm³/mol. The van der Waals surface area contributed by atoms with Crippen LogP contribution in [0.2, 0.25) is 0 Å². The lowest BCUT2D eigenvalue weighted by Crippen LogP contribution is -2.22. The molecular weight excluding hydrogens is 286 g/mol. The van der Waals surface area contributed by atoms with Crippen molar-refractivity contribution in [2.24, 2.45) is 0 Å². The fourth-order valence-electron chi connectivity index (χ4n) is 1.74. The van der Waals surface area contributed by atoms with Crippen LogP contribution in [0.25, 0.3) is 0 Å². The molecule has 0 aromatic heterocycles. The molecule has 0 saturated carbocycles. The molecule has 0 saturated heterocycles. The van der Waals surface area contributed by atoms with E-state index in [1.54, 1.807) is 42.5 Å². The molecule has 0 fully saturated rings. The lowest BCUT2D eigenvalue weighted by Gasteiger charge is -2.13. The number of thioether (sulfide) groups is 1. The van der Waals surface area contributed by atoms with E-state index in [-0.39, 0.29) is 5.91 Å². The van der Waals surface area contributed by atoms with E-state index in [0.717, 1.165) is 15.4 Å². The zero-order chi connectivity index (χ0) is 14.5. The van der Waals surface area contributed by atoms with E-state index in [0.29, 0.717) is 0 Å². The number of hydrogen-bond donors (Lipinski definition) is 0. The van der Waals surface area contributed by atoms with Crippen molar-refractivity contribution < 1.29 is 4.79 Å². The number of carbonyl (C=O) groups excluding carboxylic acids is 1. The van der Waals surface area contributed by atoms with Crippen LogP contribution in [-0.2, 0) is 0 Å². The summed E-state index contributed by atoms with van der Waals surface area (Å²) in [5, 5.41) is 0. The van der Waals surface area contributed by atoms with Crippen LogP contribution in [0.15, 0.2) is 63.2 Å². The third-order valence-electron chi connectivity index (χ3n) is 2.81. The van der Waals surface area contributed by atoms with Crippen LogP contribution in [0.4, 0.5) is 0 Å². The summed E-state index contributed by atoms with van der Waals surface area (Å²) in [7, 11) is 3.55. The largest absolute Gasteiger partial charge is 0.345 e. The maximum atomic E-state index is 12.2. The summed E-state index contributed by atoms with van der Waals surface area (Å²) >= 11 is 3.35. The first-order chi connectivity index (χ1) is 9.61. The molecule has 2 nitrogen and oxygen atoms in total. The van der Waals surface area contributed by atoms with Gasteiger partial charge in [0.2, 0.25) is 0 Å². The van der Waals surface area contributed by atoms with E-state index in [4.69, 9.17) is 0 Å². The molecule has 0 aliphatic heterocycles. The number of amides is 1. The fraction of sp³-hybridized carbons (Fsp3) is 0.188. The number of rotatable bonds is 4. The van der Waals surface area contributed by atoms with Crippen LogP contribution in [0, 0.1) is 0 Å². The van der Waals surface area contributed by atoms with E-state index in [9.17, 15) is 4.79 Å². The van der Waals surface area contributed by atoms with Gasteiger partial charge in [-0.25, -0.2) is 0 Å². The van der Waals surface area contributed by atoms with Gasteiger partial charge in [0.05, 0.1) is 5.56 Å². The SMILES string of the molecule is CSc1ccc(Sc2ccccc2C(=O)N(C)C)cc1. The van der Waals surface area contributed by atoms with Crippen molar-refractivity contribution in [1.82, 2.24) is 4.90 Å². The van der Waals surface area contributed by atoms with E-state index in [2.05, 4.69) is 30.5 Å². The highest BCUT2D eigenvalue weighted by molar-refractivity contribution is 7.99. The third kappa shape index (κ3) is 3.58. The van der Waals surface area contributed by atoms with Gasteiger partial charge < -0.3 is 4.90 Å². The van der Waals surface area contributed by atoms with Gasteiger partial charge in [0.1, 0.15) is 0 Å². The molecule has 0 aliphatic rings. The van der Waals surface area contributed by atoms with E-state index < -0.39 is 0 Å². The van der Waals surface area contributed by atoms with Gasteiger partial charge in [-0.3, -0.25) is 4.79 Å². The molecule has 0 bridgehead atoms. The zero-order valence-electron chi connectivity index (χ0n) is 11.8. The average molecular weight is 303 g/mol. The van der Waals surface area contributed by atoms with Crippen molar-refractivity contribution in [3.05, 3.63) is 54.1 Å². The number of carbonyl (C=O) groups is 1. The molecule has 20 heavy (non-hydrogen) atoms. The lowest BCUT2D eigenvalue weighted by atomic mass is 10.2. The van der Waals surface area contributed by atoms with Gasteiger partial charge >= 0.3 is 0 Å². The molecule has 0 unspecified atom stereocenters. The first kappa shape index (κ1) is 15.0. The smallest absolute Gasteiger partial charge is 0.254 e. The Morgan fingerprint density at radius 3 is 2.15 bits per heavy atom. The minimum atomic E-state index is 0.0360. The Kier molecular flexibility index (Phi) is 5.15. The highest BCUT2D eigenvalue weighted by atomic mass is 32.2. The van der Waals surface area contributed by atoms with Crippen molar-refractivity contribution in [2.45, 2.75) is 14.7 Å². The van der Waals surface area contributed by atoms with Crippen molar-refractivity contribution >= 4 is 29.4 Å². The summed E-state index contributed by atoms with van der Waals surface area (Å²) in [4.78, 5) is 17.1. The summed E-state index contributed by atoms with van der Waals surface area (Å²) in [6, 6.07) is 16.1. The quantitative estimate of drug-likeness (QED) is 0.787. The normalized spacial score (nSPS) is 10.3. The molecule has 4 heteroatoms. The minimum absolute atomic E-state index is 0.0360. The average Bonchev–Trinajstić information content (AvgIpc) is 2.48. The lowest BCUT2D eigenvalue weighted by molar-refractivity contribution is 0.0824. The minimum Gasteiger partial charge on any atom is -0.345 e. The molecular formula is C16H17NOS2. The first-order valence-electron chi connectivity index (χ1n) is 6.24. The van der Waals surface area contributed by atoms with Crippen LogP contribution < -0.4 is 0 Å². The second-order valence-electron chi connectivity index (χ2n) is 4.47. The van der Waals surface area contributed by atoms with Crippen LogP contribution in [-0.4, -0.2) is 31.2 Å². The Morgan fingerprint density at radius 2 is 1.55 bits per heavy atom. The third-order valence-corrected chi connectivity index (χ3v) is 4.64. The van der Waals surface area contributed by atoms with E-state index >= 15 is 0 Å². The van der Waals surface area contributed by atoms with E-state index in [1.807, 2.05) is 24.3 Å². The summed E-state index contributed by atoms with van der Waals surface area (Å²) in [6.07, 6.45) is 2.06. The number of benzene rings is 2. The number of nitrogens with zero attached hydrogens (tertiary/aromatic N) is 1. The Balaban J connectivity index is 2.26. The Hall–Kier alpha value is -1.39. The van der Waals surface area contributed by atoms with Crippen molar-refractivity contribution in [3.63, 3.8) is 0 Å². The maximum Gasteiger partial charge on any atom is 0.254 e. The van der Waals surface area contributed by atoms with E-state index in [1.165, 1.54) is 4.90 Å². The number of hydrogen-bond acceptors (Lipinski definition) is 3. The predicted octanol–water partition coefficient (Wildman–Crippen LogP) is 4.26. The van der Waals surface area contributed by atoms with Crippen LogP contribution in [0.3, 0.4) is 0 Å². The van der Waals surface area contributed by atoms with Gasteiger partial charge in [-0.2, -0.15) is 0 Å². The molecule has 0 N–H and O–H groups in total. The molecule has 0 heterocycles. The molecule has 2 aromatic carbocycles. The van der Waals surface area contributed by atoms with Crippen molar-refractivity contribution in [2.75, 3.05) is 20.4 Å². The second kappa shape index (κ2) is 6.86. The summed E-state index contributed by atoms with van der Waals surface area (Å²) < 4.78 is 0. The summed E-state index contributed by atoms with van der Waals surface area (Å²) in [6.45, 7) is 0. The molecule has 1 amide bonds. The summed E-state index contributed by atoms with van der Waals surface area (Å²) in [5.74, 6) is 0.0360. The molecule has 0 spiro atoms.